The highest BCUT2D eigenvalue weighted by atomic mass is 32.3. The Morgan fingerprint density at radius 1 is 0.952 bits per heavy atom. The van der Waals surface area contributed by atoms with Crippen LogP contribution in [-0.4, -0.2) is 13.4 Å². The van der Waals surface area contributed by atoms with Crippen LogP contribution in [0.25, 0.3) is 28.2 Å². The summed E-state index contributed by atoms with van der Waals surface area (Å²) in [7, 11) is -4.66. The van der Waals surface area contributed by atoms with Gasteiger partial charge < -0.3 is 4.98 Å². The lowest BCUT2D eigenvalue weighted by atomic mass is 10.1. The summed E-state index contributed by atoms with van der Waals surface area (Å²) in [6, 6.07) is 17.0. The van der Waals surface area contributed by atoms with Crippen LogP contribution in [0.4, 0.5) is 3.89 Å². The first kappa shape index (κ1) is 13.6. The van der Waals surface area contributed by atoms with Crippen LogP contribution in [0, 0.1) is 0 Å². The molecule has 0 saturated heterocycles. The molecule has 3 nitrogen and oxygen atoms in total. The summed E-state index contributed by atoms with van der Waals surface area (Å²) in [5.41, 5.74) is 3.19. The van der Waals surface area contributed by atoms with Crippen molar-refractivity contribution in [3.05, 3.63) is 65.6 Å². The van der Waals surface area contributed by atoms with Crippen molar-refractivity contribution < 1.29 is 12.3 Å². The molecule has 0 saturated carbocycles. The summed E-state index contributed by atoms with van der Waals surface area (Å²) >= 11 is 0. The minimum Gasteiger partial charge on any atom is -0.354 e. The SMILES string of the molecule is O=S(=O)(F)/C=C/c1c(-c2ccccc2)[nH]c2ccccc12. The van der Waals surface area contributed by atoms with Crippen molar-refractivity contribution in [2.45, 2.75) is 0 Å². The van der Waals surface area contributed by atoms with Gasteiger partial charge in [0.15, 0.2) is 0 Å². The van der Waals surface area contributed by atoms with Gasteiger partial charge >= 0.3 is 10.2 Å². The largest absolute Gasteiger partial charge is 0.354 e. The molecule has 0 unspecified atom stereocenters. The predicted molar refractivity (Wildman–Crippen MR) is 82.8 cm³/mol. The highest BCUT2D eigenvalue weighted by Gasteiger charge is 2.11. The number of aromatic nitrogens is 1. The zero-order valence-electron chi connectivity index (χ0n) is 11.0. The lowest BCUT2D eigenvalue weighted by Crippen LogP contribution is -1.83. The van der Waals surface area contributed by atoms with E-state index in [1.54, 1.807) is 0 Å². The van der Waals surface area contributed by atoms with E-state index in [1.165, 1.54) is 6.08 Å². The number of benzene rings is 2. The van der Waals surface area contributed by atoms with Crippen molar-refractivity contribution >= 4 is 27.2 Å². The standard InChI is InChI=1S/C16H12FNO2S/c17-21(19,20)11-10-14-13-8-4-5-9-15(13)18-16(14)12-6-2-1-3-7-12/h1-11,18H/b11-10+. The molecule has 2 aromatic carbocycles. The molecule has 21 heavy (non-hydrogen) atoms. The minimum atomic E-state index is -4.66. The molecule has 0 aliphatic heterocycles. The van der Waals surface area contributed by atoms with Crippen molar-refractivity contribution in [1.29, 1.82) is 0 Å². The molecule has 0 fully saturated rings. The van der Waals surface area contributed by atoms with E-state index < -0.39 is 10.2 Å². The van der Waals surface area contributed by atoms with Crippen molar-refractivity contribution in [3.63, 3.8) is 0 Å². The van der Waals surface area contributed by atoms with Gasteiger partial charge in [0.1, 0.15) is 0 Å². The number of H-pyrrole nitrogens is 1. The molecule has 1 heterocycles. The number of nitrogens with one attached hydrogen (secondary N) is 1. The van der Waals surface area contributed by atoms with Gasteiger partial charge in [0.25, 0.3) is 0 Å². The first-order chi connectivity index (χ1) is 10.0. The maximum Gasteiger partial charge on any atom is 0.325 e. The summed E-state index contributed by atoms with van der Waals surface area (Å²) in [6.07, 6.45) is 1.29. The maximum absolute atomic E-state index is 12.8. The van der Waals surface area contributed by atoms with E-state index >= 15 is 0 Å². The topological polar surface area (TPSA) is 49.9 Å². The molecule has 0 atom stereocenters. The van der Waals surface area contributed by atoms with E-state index in [0.29, 0.717) is 11.0 Å². The first-order valence-electron chi connectivity index (χ1n) is 6.33. The highest BCUT2D eigenvalue weighted by Crippen LogP contribution is 2.31. The molecule has 0 radical (unpaired) electrons. The number of hydrogen-bond acceptors (Lipinski definition) is 2. The number of rotatable bonds is 3. The summed E-state index contributed by atoms with van der Waals surface area (Å²) in [4.78, 5) is 3.25. The fraction of sp³-hybridized carbons (Fsp3) is 0. The maximum atomic E-state index is 12.8. The van der Waals surface area contributed by atoms with Crippen LogP contribution < -0.4 is 0 Å². The molecule has 3 aromatic rings. The normalized spacial score (nSPS) is 12.2. The Hall–Kier alpha value is -2.40. The zero-order chi connectivity index (χ0) is 14.9. The number of hydrogen-bond donors (Lipinski definition) is 1. The van der Waals surface area contributed by atoms with Gasteiger partial charge in [-0.2, -0.15) is 8.42 Å². The second-order valence-electron chi connectivity index (χ2n) is 4.60. The molecular weight excluding hydrogens is 289 g/mol. The van der Waals surface area contributed by atoms with Crippen LogP contribution in [-0.2, 0) is 10.2 Å². The lowest BCUT2D eigenvalue weighted by Gasteiger charge is -2.00. The van der Waals surface area contributed by atoms with E-state index in [1.807, 2.05) is 54.6 Å². The molecule has 0 aliphatic carbocycles. The number of para-hydroxylation sites is 1. The molecule has 5 heteroatoms. The van der Waals surface area contributed by atoms with Crippen molar-refractivity contribution in [3.8, 4) is 11.3 Å². The molecule has 0 aliphatic rings. The fourth-order valence-corrected chi connectivity index (χ4v) is 2.62. The van der Waals surface area contributed by atoms with E-state index in [-0.39, 0.29) is 0 Å². The van der Waals surface area contributed by atoms with Crippen LogP contribution in [0.5, 0.6) is 0 Å². The van der Waals surface area contributed by atoms with Gasteiger partial charge in [0, 0.05) is 16.5 Å². The van der Waals surface area contributed by atoms with Crippen molar-refractivity contribution in [2.24, 2.45) is 0 Å². The van der Waals surface area contributed by atoms with Crippen LogP contribution in [0.15, 0.2) is 60.0 Å². The summed E-state index contributed by atoms with van der Waals surface area (Å²) in [5.74, 6) is 0. The Bertz CT molecular complexity index is 912. The van der Waals surface area contributed by atoms with E-state index in [4.69, 9.17) is 0 Å². The Labute approximate surface area is 122 Å². The second-order valence-corrected chi connectivity index (χ2v) is 5.83. The Morgan fingerprint density at radius 2 is 1.62 bits per heavy atom. The second kappa shape index (κ2) is 5.18. The molecule has 1 aromatic heterocycles. The van der Waals surface area contributed by atoms with E-state index in [0.717, 1.165) is 22.2 Å². The van der Waals surface area contributed by atoms with Crippen LogP contribution >= 0.6 is 0 Å². The molecule has 3 rings (SSSR count). The summed E-state index contributed by atoms with van der Waals surface area (Å²) < 4.78 is 34.3. The summed E-state index contributed by atoms with van der Waals surface area (Å²) in [5, 5.41) is 1.42. The Kier molecular flexibility index (Phi) is 3.35. The summed E-state index contributed by atoms with van der Waals surface area (Å²) in [6.45, 7) is 0. The van der Waals surface area contributed by atoms with E-state index in [2.05, 4.69) is 4.98 Å². The third-order valence-electron chi connectivity index (χ3n) is 3.21. The van der Waals surface area contributed by atoms with Crippen molar-refractivity contribution in [1.82, 2.24) is 4.98 Å². The van der Waals surface area contributed by atoms with Crippen LogP contribution in [0.2, 0.25) is 0 Å². The zero-order valence-corrected chi connectivity index (χ0v) is 11.8. The van der Waals surface area contributed by atoms with Gasteiger partial charge in [0.05, 0.1) is 11.1 Å². The number of fused-ring (bicyclic) bond motifs is 1. The van der Waals surface area contributed by atoms with Crippen molar-refractivity contribution in [2.75, 3.05) is 0 Å². The number of aromatic amines is 1. The van der Waals surface area contributed by atoms with Gasteiger partial charge in [0.2, 0.25) is 0 Å². The first-order valence-corrected chi connectivity index (χ1v) is 7.78. The quantitative estimate of drug-likeness (QED) is 0.740. The molecule has 0 spiro atoms. The molecule has 1 N–H and O–H groups in total. The van der Waals surface area contributed by atoms with Gasteiger partial charge in [-0.25, -0.2) is 0 Å². The van der Waals surface area contributed by atoms with Gasteiger partial charge in [-0.15, -0.1) is 3.89 Å². The predicted octanol–water partition coefficient (Wildman–Crippen LogP) is 4.10. The average molecular weight is 301 g/mol. The van der Waals surface area contributed by atoms with Gasteiger partial charge in [-0.3, -0.25) is 0 Å². The molecule has 106 valence electrons. The van der Waals surface area contributed by atoms with Gasteiger partial charge in [-0.05, 0) is 17.7 Å². The van der Waals surface area contributed by atoms with Gasteiger partial charge in [-0.1, -0.05) is 48.5 Å². The molecule has 0 bridgehead atoms. The van der Waals surface area contributed by atoms with Crippen LogP contribution in [0.1, 0.15) is 5.56 Å². The third kappa shape index (κ3) is 2.87. The smallest absolute Gasteiger partial charge is 0.325 e. The Morgan fingerprint density at radius 3 is 2.33 bits per heavy atom. The third-order valence-corrected chi connectivity index (χ3v) is 3.67. The Balaban J connectivity index is 2.27. The molecule has 0 amide bonds. The van der Waals surface area contributed by atoms with E-state index in [9.17, 15) is 12.3 Å². The highest BCUT2D eigenvalue weighted by molar-refractivity contribution is 7.89. The molecular formula is C16H12FNO2S. The lowest BCUT2D eigenvalue weighted by molar-refractivity contribution is 0.563. The minimum absolute atomic E-state index is 0.578. The number of halogens is 1. The average Bonchev–Trinajstić information content (AvgIpc) is 2.84. The van der Waals surface area contributed by atoms with Crippen LogP contribution in [0.3, 0.4) is 0 Å². The fourth-order valence-electron chi connectivity index (χ4n) is 2.32. The monoisotopic (exact) mass is 301 g/mol.